The molecule has 0 saturated carbocycles. The van der Waals surface area contributed by atoms with Gasteiger partial charge in [0.15, 0.2) is 5.52 Å². The average molecular weight is 449 g/mol. The first kappa shape index (κ1) is 21.4. The van der Waals surface area contributed by atoms with Gasteiger partial charge in [-0.15, -0.1) is 0 Å². The Morgan fingerprint density at radius 1 is 1.12 bits per heavy atom. The fraction of sp³-hybridized carbons (Fsp3) is 0.417. The summed E-state index contributed by atoms with van der Waals surface area (Å²) in [6, 6.07) is 10.2. The van der Waals surface area contributed by atoms with Gasteiger partial charge in [-0.3, -0.25) is 4.98 Å². The Morgan fingerprint density at radius 2 is 1.91 bits per heavy atom. The summed E-state index contributed by atoms with van der Waals surface area (Å²) in [6.07, 6.45) is 4.15. The van der Waals surface area contributed by atoms with Crippen LogP contribution in [0.4, 0.5) is 10.5 Å². The number of likely N-dealkylation sites (tertiary alicyclic amines) is 1. The molecular formula is C24H28N6O3. The maximum Gasteiger partial charge on any atom is 0.320 e. The van der Waals surface area contributed by atoms with Crippen LogP contribution in [0.5, 0.6) is 5.88 Å². The molecule has 172 valence electrons. The fourth-order valence-electron chi connectivity index (χ4n) is 4.00. The number of benzene rings is 1. The van der Waals surface area contributed by atoms with Gasteiger partial charge < -0.3 is 24.2 Å². The maximum atomic E-state index is 12.6. The Balaban J connectivity index is 1.34. The molecule has 2 saturated heterocycles. The zero-order valence-electron chi connectivity index (χ0n) is 19.0. The summed E-state index contributed by atoms with van der Waals surface area (Å²) in [7, 11) is 4.02. The van der Waals surface area contributed by atoms with Crippen molar-refractivity contribution in [2.24, 2.45) is 0 Å². The summed E-state index contributed by atoms with van der Waals surface area (Å²) in [6.45, 7) is 3.58. The molecule has 5 rings (SSSR count). The smallest absolute Gasteiger partial charge is 0.320 e. The van der Waals surface area contributed by atoms with Crippen LogP contribution in [-0.4, -0.2) is 90.4 Å². The molecule has 1 atom stereocenters. The van der Waals surface area contributed by atoms with E-state index in [9.17, 15) is 4.79 Å². The highest BCUT2D eigenvalue weighted by Crippen LogP contribution is 2.28. The Hall–Kier alpha value is -3.46. The largest absolute Gasteiger partial charge is 0.473 e. The zero-order chi connectivity index (χ0) is 22.8. The van der Waals surface area contributed by atoms with Gasteiger partial charge in [-0.1, -0.05) is 12.1 Å². The van der Waals surface area contributed by atoms with E-state index < -0.39 is 0 Å². The number of carbonyl (C=O) groups excluding carboxylic acids is 1. The number of morpholine rings is 1. The van der Waals surface area contributed by atoms with Crippen molar-refractivity contribution in [3.05, 3.63) is 42.7 Å². The third kappa shape index (κ3) is 4.54. The number of hydrogen-bond donors (Lipinski definition) is 0. The molecule has 0 aliphatic carbocycles. The summed E-state index contributed by atoms with van der Waals surface area (Å²) in [4.78, 5) is 32.0. The van der Waals surface area contributed by atoms with Crippen molar-refractivity contribution in [2.75, 3.05) is 58.4 Å². The first-order chi connectivity index (χ1) is 16.1. The average Bonchev–Trinajstić information content (AvgIpc) is 2.81. The minimum Gasteiger partial charge on any atom is -0.473 e. The normalized spacial score (nSPS) is 18.2. The predicted octanol–water partition coefficient (Wildman–Crippen LogP) is 2.66. The number of ether oxygens (including phenoxy) is 2. The van der Waals surface area contributed by atoms with Crippen molar-refractivity contribution >= 4 is 22.8 Å². The lowest BCUT2D eigenvalue weighted by Crippen LogP contribution is -2.55. The third-order valence-corrected chi connectivity index (χ3v) is 6.05. The first-order valence-corrected chi connectivity index (χ1v) is 11.3. The van der Waals surface area contributed by atoms with Crippen LogP contribution in [0.2, 0.25) is 0 Å². The standard InChI is InChI=1S/C24H28N6O3/c1-28(2)18-6-4-17(5-7-18)20-14-21-22(26-9-8-25-21)23(27-20)33-16-19-15-30(12-13-32-19)24(31)29-10-3-11-29/h4-9,14,19H,3,10-13,15-16H2,1-2H3/t19-/m0/s1. The van der Waals surface area contributed by atoms with E-state index in [-0.39, 0.29) is 18.7 Å². The van der Waals surface area contributed by atoms with Gasteiger partial charge in [0.1, 0.15) is 12.7 Å². The molecule has 0 N–H and O–H groups in total. The predicted molar refractivity (Wildman–Crippen MR) is 125 cm³/mol. The second kappa shape index (κ2) is 9.19. The van der Waals surface area contributed by atoms with E-state index in [0.29, 0.717) is 36.6 Å². The van der Waals surface area contributed by atoms with E-state index in [1.54, 1.807) is 12.4 Å². The highest BCUT2D eigenvalue weighted by molar-refractivity contribution is 5.83. The van der Waals surface area contributed by atoms with E-state index in [2.05, 4.69) is 27.0 Å². The van der Waals surface area contributed by atoms with E-state index in [0.717, 1.165) is 36.5 Å². The van der Waals surface area contributed by atoms with Crippen molar-refractivity contribution < 1.29 is 14.3 Å². The number of aromatic nitrogens is 3. The number of urea groups is 1. The molecule has 2 aromatic heterocycles. The Kier molecular flexibility index (Phi) is 5.95. The van der Waals surface area contributed by atoms with E-state index in [1.807, 2.05) is 42.1 Å². The lowest BCUT2D eigenvalue weighted by molar-refractivity contribution is -0.0412. The molecular weight excluding hydrogens is 420 g/mol. The lowest BCUT2D eigenvalue weighted by Gasteiger charge is -2.39. The number of rotatable bonds is 5. The zero-order valence-corrected chi connectivity index (χ0v) is 19.0. The molecule has 0 spiro atoms. The summed E-state index contributed by atoms with van der Waals surface area (Å²) in [5, 5.41) is 0. The number of pyridine rings is 1. The quantitative estimate of drug-likeness (QED) is 0.593. The number of carbonyl (C=O) groups is 1. The van der Waals surface area contributed by atoms with Crippen LogP contribution >= 0.6 is 0 Å². The van der Waals surface area contributed by atoms with Crippen LogP contribution < -0.4 is 9.64 Å². The maximum absolute atomic E-state index is 12.6. The molecule has 3 aromatic rings. The third-order valence-electron chi connectivity index (χ3n) is 6.05. The summed E-state index contributed by atoms with van der Waals surface area (Å²) in [5.41, 5.74) is 4.17. The Labute approximate surface area is 192 Å². The van der Waals surface area contributed by atoms with Gasteiger partial charge in [-0.25, -0.2) is 14.8 Å². The summed E-state index contributed by atoms with van der Waals surface area (Å²) in [5.74, 6) is 0.419. The number of hydrogen-bond acceptors (Lipinski definition) is 7. The minimum absolute atomic E-state index is 0.0900. The fourth-order valence-corrected chi connectivity index (χ4v) is 4.00. The van der Waals surface area contributed by atoms with Gasteiger partial charge in [-0.2, -0.15) is 0 Å². The first-order valence-electron chi connectivity index (χ1n) is 11.3. The SMILES string of the molecule is CN(C)c1ccc(-c2cc3nccnc3c(OC[C@@H]3CN(C(=O)N4CCC4)CCO3)n2)cc1. The van der Waals surface area contributed by atoms with Crippen molar-refractivity contribution in [3.63, 3.8) is 0 Å². The minimum atomic E-state index is -0.222. The highest BCUT2D eigenvalue weighted by atomic mass is 16.5. The molecule has 0 radical (unpaired) electrons. The van der Waals surface area contributed by atoms with Crippen LogP contribution in [0.1, 0.15) is 6.42 Å². The number of amides is 2. The van der Waals surface area contributed by atoms with Gasteiger partial charge in [0, 0.05) is 57.4 Å². The van der Waals surface area contributed by atoms with Crippen molar-refractivity contribution in [2.45, 2.75) is 12.5 Å². The molecule has 2 aliphatic heterocycles. The summed E-state index contributed by atoms with van der Waals surface area (Å²) >= 11 is 0. The highest BCUT2D eigenvalue weighted by Gasteiger charge is 2.30. The number of anilines is 1. The molecule has 9 nitrogen and oxygen atoms in total. The molecule has 9 heteroatoms. The van der Waals surface area contributed by atoms with Gasteiger partial charge in [0.25, 0.3) is 0 Å². The second-order valence-electron chi connectivity index (χ2n) is 8.55. The van der Waals surface area contributed by atoms with Gasteiger partial charge in [0.05, 0.1) is 24.4 Å². The number of nitrogens with zero attached hydrogens (tertiary/aromatic N) is 6. The van der Waals surface area contributed by atoms with Gasteiger partial charge in [0.2, 0.25) is 5.88 Å². The van der Waals surface area contributed by atoms with Gasteiger partial charge in [-0.05, 0) is 24.6 Å². The van der Waals surface area contributed by atoms with E-state index in [4.69, 9.17) is 14.5 Å². The molecule has 33 heavy (non-hydrogen) atoms. The molecule has 0 bridgehead atoms. The van der Waals surface area contributed by atoms with E-state index in [1.165, 1.54) is 0 Å². The molecule has 2 amide bonds. The molecule has 1 aromatic carbocycles. The Bertz CT molecular complexity index is 1130. The monoisotopic (exact) mass is 448 g/mol. The molecule has 0 unspecified atom stereocenters. The number of fused-ring (bicyclic) bond motifs is 1. The van der Waals surface area contributed by atoms with Crippen molar-refractivity contribution in [1.29, 1.82) is 0 Å². The van der Waals surface area contributed by atoms with Crippen molar-refractivity contribution in [3.8, 4) is 17.1 Å². The van der Waals surface area contributed by atoms with E-state index >= 15 is 0 Å². The van der Waals surface area contributed by atoms with Crippen molar-refractivity contribution in [1.82, 2.24) is 24.8 Å². The van der Waals surface area contributed by atoms with Crippen LogP contribution in [0.3, 0.4) is 0 Å². The van der Waals surface area contributed by atoms with Crippen LogP contribution in [0.15, 0.2) is 42.7 Å². The second-order valence-corrected chi connectivity index (χ2v) is 8.55. The van der Waals surface area contributed by atoms with Gasteiger partial charge >= 0.3 is 6.03 Å². The van der Waals surface area contributed by atoms with Crippen LogP contribution in [0.25, 0.3) is 22.3 Å². The topological polar surface area (TPSA) is 83.9 Å². The lowest BCUT2D eigenvalue weighted by atomic mass is 10.1. The molecule has 2 aliphatic rings. The van der Waals surface area contributed by atoms with Crippen LogP contribution in [0, 0.1) is 0 Å². The summed E-state index contributed by atoms with van der Waals surface area (Å²) < 4.78 is 12.0. The Morgan fingerprint density at radius 3 is 2.64 bits per heavy atom. The molecule has 4 heterocycles. The molecule has 2 fully saturated rings. The van der Waals surface area contributed by atoms with Crippen LogP contribution in [-0.2, 0) is 4.74 Å².